The Kier molecular flexibility index (Phi) is 4.57. The number of nitrogen functional groups attached to an aromatic ring is 1. The van der Waals surface area contributed by atoms with Gasteiger partial charge in [-0.3, -0.25) is 4.79 Å². The van der Waals surface area contributed by atoms with E-state index >= 15 is 0 Å². The minimum atomic E-state index is -0.268. The minimum Gasteiger partial charge on any atom is -0.508 e. The molecular weight excluding hydrogens is 276 g/mol. The summed E-state index contributed by atoms with van der Waals surface area (Å²) >= 11 is 1.36. The Morgan fingerprint density at radius 1 is 1.50 bits per heavy atom. The van der Waals surface area contributed by atoms with E-state index in [1.807, 2.05) is 11.4 Å². The number of aryl methyl sites for hydroxylation is 1. The Hall–Kier alpha value is -2.08. The second-order valence-corrected chi connectivity index (χ2v) is 5.11. The molecule has 3 N–H and O–H groups in total. The van der Waals surface area contributed by atoms with Gasteiger partial charge in [0.15, 0.2) is 5.13 Å². The summed E-state index contributed by atoms with van der Waals surface area (Å²) in [4.78, 5) is 15.6. The van der Waals surface area contributed by atoms with Gasteiger partial charge in [-0.1, -0.05) is 0 Å². The van der Waals surface area contributed by atoms with E-state index in [9.17, 15) is 9.90 Å². The number of phenols is 1. The van der Waals surface area contributed by atoms with Gasteiger partial charge in [-0.2, -0.15) is 0 Å². The average Bonchev–Trinajstić information content (AvgIpc) is 2.85. The molecule has 1 aromatic carbocycles. The molecule has 0 saturated heterocycles. The van der Waals surface area contributed by atoms with Gasteiger partial charge >= 0.3 is 5.97 Å². The molecule has 106 valence electrons. The van der Waals surface area contributed by atoms with E-state index in [1.165, 1.54) is 11.3 Å². The lowest BCUT2D eigenvalue weighted by Gasteiger charge is -2.06. The zero-order chi connectivity index (χ0) is 14.5. The van der Waals surface area contributed by atoms with Crippen LogP contribution >= 0.6 is 11.3 Å². The standard InChI is InChI=1S/C14H16N2O3S/c1-2-19-13(18)6-4-10-7-9(3-5-12(10)17)11-8-20-14(15)16-11/h3,5,7-8,17H,2,4,6H2,1H3,(H2,15,16). The molecule has 1 aromatic heterocycles. The van der Waals surface area contributed by atoms with Crippen molar-refractivity contribution in [3.05, 3.63) is 29.1 Å². The highest BCUT2D eigenvalue weighted by Gasteiger charge is 2.09. The number of ether oxygens (including phenoxy) is 1. The number of anilines is 1. The minimum absolute atomic E-state index is 0.168. The first-order valence-corrected chi connectivity index (χ1v) is 7.17. The van der Waals surface area contributed by atoms with Gasteiger partial charge in [0, 0.05) is 17.4 Å². The third-order valence-electron chi connectivity index (χ3n) is 2.80. The lowest BCUT2D eigenvalue weighted by atomic mass is 10.0. The summed E-state index contributed by atoms with van der Waals surface area (Å²) in [5, 5.41) is 12.2. The zero-order valence-corrected chi connectivity index (χ0v) is 11.9. The monoisotopic (exact) mass is 292 g/mol. The van der Waals surface area contributed by atoms with E-state index in [2.05, 4.69) is 4.98 Å². The van der Waals surface area contributed by atoms with Gasteiger partial charge in [-0.15, -0.1) is 11.3 Å². The maximum atomic E-state index is 11.4. The Balaban J connectivity index is 2.14. The molecule has 0 aliphatic heterocycles. The predicted octanol–water partition coefficient (Wildman–Crippen LogP) is 2.59. The van der Waals surface area contributed by atoms with E-state index in [1.54, 1.807) is 19.1 Å². The molecule has 5 nitrogen and oxygen atoms in total. The van der Waals surface area contributed by atoms with Crippen molar-refractivity contribution in [2.45, 2.75) is 19.8 Å². The summed E-state index contributed by atoms with van der Waals surface area (Å²) < 4.78 is 4.87. The summed E-state index contributed by atoms with van der Waals surface area (Å²) in [6, 6.07) is 5.20. The van der Waals surface area contributed by atoms with Crippen LogP contribution in [0.3, 0.4) is 0 Å². The molecule has 0 saturated carbocycles. The number of hydrogen-bond donors (Lipinski definition) is 2. The molecule has 0 fully saturated rings. The smallest absolute Gasteiger partial charge is 0.306 e. The van der Waals surface area contributed by atoms with E-state index in [0.717, 1.165) is 11.3 Å². The molecule has 0 spiro atoms. The van der Waals surface area contributed by atoms with E-state index in [4.69, 9.17) is 10.5 Å². The fourth-order valence-electron chi connectivity index (χ4n) is 1.84. The number of rotatable bonds is 5. The molecule has 20 heavy (non-hydrogen) atoms. The summed E-state index contributed by atoms with van der Waals surface area (Å²) in [7, 11) is 0. The van der Waals surface area contributed by atoms with Crippen LogP contribution in [0.4, 0.5) is 5.13 Å². The largest absolute Gasteiger partial charge is 0.508 e. The van der Waals surface area contributed by atoms with Crippen LogP contribution in [0.2, 0.25) is 0 Å². The highest BCUT2D eigenvalue weighted by atomic mass is 32.1. The number of esters is 1. The van der Waals surface area contributed by atoms with Gasteiger partial charge in [0.1, 0.15) is 5.75 Å². The fraction of sp³-hybridized carbons (Fsp3) is 0.286. The molecule has 0 aliphatic carbocycles. The van der Waals surface area contributed by atoms with Gasteiger partial charge in [0.2, 0.25) is 0 Å². The molecule has 0 unspecified atom stereocenters. The number of thiazole rings is 1. The topological polar surface area (TPSA) is 85.4 Å². The predicted molar refractivity (Wildman–Crippen MR) is 78.6 cm³/mol. The highest BCUT2D eigenvalue weighted by molar-refractivity contribution is 7.13. The summed E-state index contributed by atoms with van der Waals surface area (Å²) in [5.74, 6) is -0.101. The second-order valence-electron chi connectivity index (χ2n) is 4.22. The van der Waals surface area contributed by atoms with Gasteiger partial charge in [-0.25, -0.2) is 4.98 Å². The van der Waals surface area contributed by atoms with Crippen LogP contribution in [0.5, 0.6) is 5.75 Å². The lowest BCUT2D eigenvalue weighted by molar-refractivity contribution is -0.143. The number of aromatic nitrogens is 1. The second kappa shape index (κ2) is 6.38. The van der Waals surface area contributed by atoms with Crippen molar-refractivity contribution >= 4 is 22.4 Å². The van der Waals surface area contributed by atoms with Crippen molar-refractivity contribution in [3.8, 4) is 17.0 Å². The number of benzene rings is 1. The quantitative estimate of drug-likeness (QED) is 0.827. The Bertz CT molecular complexity index is 610. The number of hydrogen-bond acceptors (Lipinski definition) is 6. The molecule has 0 aliphatic rings. The van der Waals surface area contributed by atoms with Gasteiger partial charge in [0.05, 0.1) is 12.3 Å². The molecule has 6 heteroatoms. The number of aromatic hydroxyl groups is 1. The molecule has 0 amide bonds. The van der Waals surface area contributed by atoms with Crippen LogP contribution < -0.4 is 5.73 Å². The molecule has 0 bridgehead atoms. The van der Waals surface area contributed by atoms with Crippen molar-refractivity contribution in [2.24, 2.45) is 0 Å². The molecule has 0 atom stereocenters. The van der Waals surface area contributed by atoms with Crippen LogP contribution in [0.15, 0.2) is 23.6 Å². The molecule has 2 rings (SSSR count). The molecular formula is C14H16N2O3S. The highest BCUT2D eigenvalue weighted by Crippen LogP contribution is 2.28. The van der Waals surface area contributed by atoms with Crippen LogP contribution in [0.1, 0.15) is 18.9 Å². The Morgan fingerprint density at radius 3 is 2.95 bits per heavy atom. The van der Waals surface area contributed by atoms with Crippen molar-refractivity contribution in [1.29, 1.82) is 0 Å². The van der Waals surface area contributed by atoms with Crippen LogP contribution in [-0.2, 0) is 16.0 Å². The first-order valence-electron chi connectivity index (χ1n) is 6.29. The Labute approximate surface area is 121 Å². The van der Waals surface area contributed by atoms with Crippen LogP contribution in [-0.4, -0.2) is 22.7 Å². The lowest BCUT2D eigenvalue weighted by Crippen LogP contribution is -2.05. The normalized spacial score (nSPS) is 10.4. The number of carbonyl (C=O) groups excluding carboxylic acids is 1. The van der Waals surface area contributed by atoms with E-state index in [-0.39, 0.29) is 18.1 Å². The van der Waals surface area contributed by atoms with Crippen molar-refractivity contribution < 1.29 is 14.6 Å². The van der Waals surface area contributed by atoms with Crippen LogP contribution in [0.25, 0.3) is 11.3 Å². The fourth-order valence-corrected chi connectivity index (χ4v) is 2.41. The maximum absolute atomic E-state index is 11.4. The summed E-state index contributed by atoms with van der Waals surface area (Å²) in [6.07, 6.45) is 0.669. The molecule has 2 aromatic rings. The van der Waals surface area contributed by atoms with Crippen molar-refractivity contribution in [2.75, 3.05) is 12.3 Å². The zero-order valence-electron chi connectivity index (χ0n) is 11.1. The van der Waals surface area contributed by atoms with Crippen molar-refractivity contribution in [3.63, 3.8) is 0 Å². The van der Waals surface area contributed by atoms with Gasteiger partial charge in [-0.05, 0) is 37.1 Å². The van der Waals surface area contributed by atoms with Crippen LogP contribution in [0, 0.1) is 0 Å². The average molecular weight is 292 g/mol. The third kappa shape index (κ3) is 3.48. The molecule has 0 radical (unpaired) electrons. The number of nitrogens with two attached hydrogens (primary N) is 1. The van der Waals surface area contributed by atoms with Crippen molar-refractivity contribution in [1.82, 2.24) is 4.98 Å². The van der Waals surface area contributed by atoms with E-state index < -0.39 is 0 Å². The van der Waals surface area contributed by atoms with Gasteiger partial charge in [0.25, 0.3) is 0 Å². The maximum Gasteiger partial charge on any atom is 0.306 e. The summed E-state index contributed by atoms with van der Waals surface area (Å²) in [5.41, 5.74) is 7.95. The number of nitrogens with zero attached hydrogens (tertiary/aromatic N) is 1. The van der Waals surface area contributed by atoms with E-state index in [0.29, 0.717) is 23.7 Å². The number of carbonyl (C=O) groups is 1. The number of phenolic OH excluding ortho intramolecular Hbond substituents is 1. The van der Waals surface area contributed by atoms with Gasteiger partial charge < -0.3 is 15.6 Å². The molecule has 1 heterocycles. The SMILES string of the molecule is CCOC(=O)CCc1cc(-c2csc(N)n2)ccc1O. The first kappa shape index (κ1) is 14.3. The first-order chi connectivity index (χ1) is 9.60. The summed E-state index contributed by atoms with van der Waals surface area (Å²) in [6.45, 7) is 2.13. The third-order valence-corrected chi connectivity index (χ3v) is 3.47. The Morgan fingerprint density at radius 2 is 2.30 bits per heavy atom.